The lowest BCUT2D eigenvalue weighted by Gasteiger charge is -2.34. The smallest absolute Gasteiger partial charge is 0.203 e. The molecule has 2 rings (SSSR count). The van der Waals surface area contributed by atoms with E-state index in [4.69, 9.17) is 14.2 Å². The molecule has 1 aromatic carbocycles. The van der Waals surface area contributed by atoms with Gasteiger partial charge in [-0.05, 0) is 49.8 Å². The van der Waals surface area contributed by atoms with E-state index in [0.29, 0.717) is 12.4 Å². The van der Waals surface area contributed by atoms with Crippen LogP contribution in [0.15, 0.2) is 18.2 Å². The molecule has 0 saturated carbocycles. The molecule has 1 heterocycles. The molecule has 0 spiro atoms. The Morgan fingerprint density at radius 1 is 1.00 bits per heavy atom. The van der Waals surface area contributed by atoms with Gasteiger partial charge in [0, 0.05) is 13.1 Å². The molecule has 0 aromatic heterocycles. The van der Waals surface area contributed by atoms with E-state index < -0.39 is 0 Å². The predicted molar refractivity (Wildman–Crippen MR) is 93.7 cm³/mol. The minimum atomic E-state index is 0.690. The van der Waals surface area contributed by atoms with E-state index in [2.05, 4.69) is 18.7 Å². The Labute approximate surface area is 140 Å². The maximum Gasteiger partial charge on any atom is 0.203 e. The Bertz CT molecular complexity index is 445. The Hall–Kier alpha value is -1.42. The quantitative estimate of drug-likeness (QED) is 0.681. The predicted octanol–water partition coefficient (Wildman–Crippen LogP) is 3.84. The molecule has 1 aliphatic heterocycles. The lowest BCUT2D eigenvalue weighted by molar-refractivity contribution is 0.136. The van der Waals surface area contributed by atoms with Crippen molar-refractivity contribution in [3.8, 4) is 17.2 Å². The maximum absolute atomic E-state index is 5.91. The van der Waals surface area contributed by atoms with Gasteiger partial charge in [0.2, 0.25) is 5.75 Å². The Balaban J connectivity index is 1.73. The first-order valence-electron chi connectivity index (χ1n) is 8.70. The molecular formula is C19H31NO3. The van der Waals surface area contributed by atoms with Gasteiger partial charge in [-0.1, -0.05) is 19.9 Å². The lowest BCUT2D eigenvalue weighted by atomic mass is 9.92. The number of likely N-dealkylation sites (tertiary alicyclic amines) is 1. The topological polar surface area (TPSA) is 30.9 Å². The summed E-state index contributed by atoms with van der Waals surface area (Å²) in [5.74, 6) is 3.81. The summed E-state index contributed by atoms with van der Waals surface area (Å²) in [6.07, 6.45) is 3.57. The number of piperidine rings is 1. The fourth-order valence-corrected chi connectivity index (χ4v) is 3.55. The molecule has 0 amide bonds. The van der Waals surface area contributed by atoms with Crippen molar-refractivity contribution in [3.63, 3.8) is 0 Å². The molecule has 4 heteroatoms. The third-order valence-corrected chi connectivity index (χ3v) is 4.44. The highest BCUT2D eigenvalue weighted by atomic mass is 16.5. The molecule has 0 unspecified atom stereocenters. The van der Waals surface area contributed by atoms with Gasteiger partial charge in [-0.25, -0.2) is 0 Å². The van der Waals surface area contributed by atoms with Crippen LogP contribution >= 0.6 is 0 Å². The van der Waals surface area contributed by atoms with Crippen molar-refractivity contribution in [2.24, 2.45) is 11.8 Å². The lowest BCUT2D eigenvalue weighted by Crippen LogP contribution is -2.39. The summed E-state index contributed by atoms with van der Waals surface area (Å²) in [4.78, 5) is 2.60. The summed E-state index contributed by atoms with van der Waals surface area (Å²) in [7, 11) is 3.31. The summed E-state index contributed by atoms with van der Waals surface area (Å²) >= 11 is 0. The zero-order valence-electron chi connectivity index (χ0n) is 15.0. The fourth-order valence-electron chi connectivity index (χ4n) is 3.55. The second-order valence-electron chi connectivity index (χ2n) is 6.75. The summed E-state index contributed by atoms with van der Waals surface area (Å²) in [5, 5.41) is 0. The third kappa shape index (κ3) is 5.31. The molecule has 130 valence electrons. The zero-order chi connectivity index (χ0) is 16.7. The summed E-state index contributed by atoms with van der Waals surface area (Å²) in [6.45, 7) is 9.06. The van der Waals surface area contributed by atoms with Crippen LogP contribution in [-0.2, 0) is 0 Å². The molecule has 1 aliphatic rings. The molecule has 0 bridgehead atoms. The highest BCUT2D eigenvalue weighted by Crippen LogP contribution is 2.36. The number of ether oxygens (including phenoxy) is 3. The van der Waals surface area contributed by atoms with Crippen LogP contribution in [0.3, 0.4) is 0 Å². The molecule has 1 saturated heterocycles. The summed E-state index contributed by atoms with van der Waals surface area (Å²) < 4.78 is 16.6. The first kappa shape index (κ1) is 17.9. The Morgan fingerprint density at radius 2 is 1.61 bits per heavy atom. The van der Waals surface area contributed by atoms with Crippen molar-refractivity contribution in [3.05, 3.63) is 18.2 Å². The van der Waals surface area contributed by atoms with Crippen molar-refractivity contribution >= 4 is 0 Å². The first-order chi connectivity index (χ1) is 11.1. The zero-order valence-corrected chi connectivity index (χ0v) is 15.0. The van der Waals surface area contributed by atoms with Crippen LogP contribution in [0.25, 0.3) is 0 Å². The highest BCUT2D eigenvalue weighted by molar-refractivity contribution is 5.51. The molecule has 4 nitrogen and oxygen atoms in total. The van der Waals surface area contributed by atoms with Crippen molar-refractivity contribution < 1.29 is 14.2 Å². The van der Waals surface area contributed by atoms with E-state index in [-0.39, 0.29) is 0 Å². The van der Waals surface area contributed by atoms with Gasteiger partial charge in [-0.2, -0.15) is 0 Å². The van der Waals surface area contributed by atoms with E-state index in [1.54, 1.807) is 14.2 Å². The monoisotopic (exact) mass is 321 g/mol. The van der Waals surface area contributed by atoms with Crippen LogP contribution in [0.1, 0.15) is 33.1 Å². The summed E-state index contributed by atoms with van der Waals surface area (Å²) in [6, 6.07) is 5.70. The molecule has 23 heavy (non-hydrogen) atoms. The summed E-state index contributed by atoms with van der Waals surface area (Å²) in [5.41, 5.74) is 0. The number of hydrogen-bond acceptors (Lipinski definition) is 4. The first-order valence-corrected chi connectivity index (χ1v) is 8.70. The van der Waals surface area contributed by atoms with Crippen LogP contribution in [0, 0.1) is 11.8 Å². The second kappa shape index (κ2) is 9.02. The van der Waals surface area contributed by atoms with Gasteiger partial charge in [0.1, 0.15) is 0 Å². The van der Waals surface area contributed by atoms with E-state index in [1.807, 2.05) is 18.2 Å². The van der Waals surface area contributed by atoms with Crippen molar-refractivity contribution in [2.75, 3.05) is 40.5 Å². The number of para-hydroxylation sites is 1. The van der Waals surface area contributed by atoms with Crippen LogP contribution in [-0.4, -0.2) is 45.4 Å². The van der Waals surface area contributed by atoms with Gasteiger partial charge in [-0.15, -0.1) is 0 Å². The average molecular weight is 321 g/mol. The molecule has 2 atom stereocenters. The van der Waals surface area contributed by atoms with E-state index in [1.165, 1.54) is 26.1 Å². The highest BCUT2D eigenvalue weighted by Gasteiger charge is 2.21. The number of unbranched alkanes of at least 4 members (excludes halogenated alkanes) is 1. The van der Waals surface area contributed by atoms with Gasteiger partial charge in [-0.3, -0.25) is 0 Å². The van der Waals surface area contributed by atoms with Crippen molar-refractivity contribution in [2.45, 2.75) is 33.1 Å². The normalized spacial score (nSPS) is 21.9. The van der Waals surface area contributed by atoms with Gasteiger partial charge < -0.3 is 19.1 Å². The maximum atomic E-state index is 5.91. The molecule has 1 aromatic rings. The standard InChI is InChI=1S/C19H31NO3/c1-15-12-16(2)14-20(13-15)10-5-6-11-23-19-17(21-3)8-7-9-18(19)22-4/h7-9,15-16H,5-6,10-14H2,1-4H3/t15-,16-/m1/s1. The molecule has 0 radical (unpaired) electrons. The fraction of sp³-hybridized carbons (Fsp3) is 0.684. The van der Waals surface area contributed by atoms with Crippen LogP contribution in [0.2, 0.25) is 0 Å². The number of rotatable bonds is 8. The number of benzene rings is 1. The van der Waals surface area contributed by atoms with Gasteiger partial charge in [0.05, 0.1) is 20.8 Å². The Kier molecular flexibility index (Phi) is 7.03. The van der Waals surface area contributed by atoms with Gasteiger partial charge in [0.15, 0.2) is 11.5 Å². The SMILES string of the molecule is COc1cccc(OC)c1OCCCCN1C[C@H](C)C[C@@H](C)C1. The average Bonchev–Trinajstić information content (AvgIpc) is 2.53. The number of methoxy groups -OCH3 is 2. The number of nitrogens with zero attached hydrogens (tertiary/aromatic N) is 1. The minimum Gasteiger partial charge on any atom is -0.493 e. The minimum absolute atomic E-state index is 0.690. The largest absolute Gasteiger partial charge is 0.493 e. The third-order valence-electron chi connectivity index (χ3n) is 4.44. The van der Waals surface area contributed by atoms with Crippen molar-refractivity contribution in [1.82, 2.24) is 4.90 Å². The molecular weight excluding hydrogens is 290 g/mol. The van der Waals surface area contributed by atoms with Crippen LogP contribution in [0.5, 0.6) is 17.2 Å². The van der Waals surface area contributed by atoms with E-state index in [0.717, 1.165) is 36.2 Å². The van der Waals surface area contributed by atoms with Gasteiger partial charge >= 0.3 is 0 Å². The second-order valence-corrected chi connectivity index (χ2v) is 6.75. The van der Waals surface area contributed by atoms with E-state index in [9.17, 15) is 0 Å². The van der Waals surface area contributed by atoms with Crippen molar-refractivity contribution in [1.29, 1.82) is 0 Å². The molecule has 0 aliphatic carbocycles. The van der Waals surface area contributed by atoms with E-state index >= 15 is 0 Å². The molecule has 0 N–H and O–H groups in total. The molecule has 1 fully saturated rings. The number of hydrogen-bond donors (Lipinski definition) is 0. The van der Waals surface area contributed by atoms with Crippen LogP contribution < -0.4 is 14.2 Å². The van der Waals surface area contributed by atoms with Gasteiger partial charge in [0.25, 0.3) is 0 Å². The van der Waals surface area contributed by atoms with Crippen LogP contribution in [0.4, 0.5) is 0 Å². The Morgan fingerprint density at radius 3 is 2.17 bits per heavy atom.